The van der Waals surface area contributed by atoms with Crippen molar-refractivity contribution in [1.82, 2.24) is 20.1 Å². The van der Waals surface area contributed by atoms with Crippen molar-refractivity contribution in [2.45, 2.75) is 58.2 Å². The number of nitrogens with zero attached hydrogens (tertiary/aromatic N) is 3. The smallest absolute Gasteiger partial charge is 0.141 e. The summed E-state index contributed by atoms with van der Waals surface area (Å²) in [6.07, 6.45) is 7.26. The first-order chi connectivity index (χ1) is 8.77. The van der Waals surface area contributed by atoms with Crippen molar-refractivity contribution in [3.05, 3.63) is 12.2 Å². The quantitative estimate of drug-likeness (QED) is 0.753. The van der Waals surface area contributed by atoms with Gasteiger partial charge in [-0.3, -0.25) is 0 Å². The van der Waals surface area contributed by atoms with Gasteiger partial charge in [-0.05, 0) is 26.7 Å². The van der Waals surface area contributed by atoms with E-state index in [4.69, 9.17) is 4.74 Å². The van der Waals surface area contributed by atoms with Crippen molar-refractivity contribution in [2.75, 3.05) is 13.2 Å². The van der Waals surface area contributed by atoms with Crippen molar-refractivity contribution in [3.8, 4) is 0 Å². The Morgan fingerprint density at radius 1 is 1.44 bits per heavy atom. The second-order valence-corrected chi connectivity index (χ2v) is 5.17. The molecule has 1 heterocycles. The molecular weight excluding hydrogens is 228 g/mol. The molecule has 0 spiro atoms. The number of ether oxygens (including phenoxy) is 1. The van der Waals surface area contributed by atoms with E-state index < -0.39 is 0 Å². The minimum Gasteiger partial charge on any atom is -0.377 e. The average Bonchev–Trinajstić information content (AvgIpc) is 2.98. The van der Waals surface area contributed by atoms with Gasteiger partial charge in [-0.2, -0.15) is 5.10 Å². The predicted molar refractivity (Wildman–Crippen MR) is 70.3 cm³/mol. The Morgan fingerprint density at radius 3 is 2.94 bits per heavy atom. The van der Waals surface area contributed by atoms with E-state index in [1.807, 2.05) is 4.68 Å². The fourth-order valence-corrected chi connectivity index (χ4v) is 2.38. The molecule has 1 aliphatic rings. The van der Waals surface area contributed by atoms with E-state index in [9.17, 15) is 0 Å². The highest BCUT2D eigenvalue weighted by Crippen LogP contribution is 2.20. The summed E-state index contributed by atoms with van der Waals surface area (Å²) in [6, 6.07) is 0.360. The van der Waals surface area contributed by atoms with Crippen LogP contribution in [0.5, 0.6) is 0 Å². The summed E-state index contributed by atoms with van der Waals surface area (Å²) in [5, 5.41) is 7.57. The Kier molecular flexibility index (Phi) is 5.13. The molecular formula is C13H24N4O. The Bertz CT molecular complexity index is 345. The first-order valence-electron chi connectivity index (χ1n) is 6.98. The third-order valence-corrected chi connectivity index (χ3v) is 3.35. The largest absolute Gasteiger partial charge is 0.377 e. The standard InChI is InChI=1S/C13H24N4O/c1-11(2)17-13(15-10-16-17)9-14-7-8-18-12-5-3-4-6-12/h10-12,14H,3-9H2,1-2H3. The molecule has 0 aromatic carbocycles. The highest BCUT2D eigenvalue weighted by Gasteiger charge is 2.14. The van der Waals surface area contributed by atoms with Crippen molar-refractivity contribution in [1.29, 1.82) is 0 Å². The average molecular weight is 252 g/mol. The lowest BCUT2D eigenvalue weighted by Crippen LogP contribution is -2.24. The molecule has 0 amide bonds. The van der Waals surface area contributed by atoms with Crippen LogP contribution in [0.1, 0.15) is 51.4 Å². The van der Waals surface area contributed by atoms with Gasteiger partial charge in [0.2, 0.25) is 0 Å². The highest BCUT2D eigenvalue weighted by molar-refractivity contribution is 4.85. The lowest BCUT2D eigenvalue weighted by Gasteiger charge is -2.12. The first-order valence-corrected chi connectivity index (χ1v) is 6.98. The van der Waals surface area contributed by atoms with E-state index in [1.165, 1.54) is 25.7 Å². The van der Waals surface area contributed by atoms with Crippen LogP contribution in [0, 0.1) is 0 Å². The SMILES string of the molecule is CC(C)n1ncnc1CNCCOC1CCCC1. The number of hydrogen-bond acceptors (Lipinski definition) is 4. The Balaban J connectivity index is 1.61. The summed E-state index contributed by atoms with van der Waals surface area (Å²) in [7, 11) is 0. The molecule has 0 saturated heterocycles. The van der Waals surface area contributed by atoms with Crippen LogP contribution in [-0.4, -0.2) is 34.0 Å². The molecule has 18 heavy (non-hydrogen) atoms. The molecule has 1 aromatic rings. The Labute approximate surface area is 109 Å². The van der Waals surface area contributed by atoms with E-state index in [1.54, 1.807) is 6.33 Å². The fourth-order valence-electron chi connectivity index (χ4n) is 2.38. The number of rotatable bonds is 7. The Morgan fingerprint density at radius 2 is 2.22 bits per heavy atom. The van der Waals surface area contributed by atoms with Gasteiger partial charge in [0.15, 0.2) is 0 Å². The van der Waals surface area contributed by atoms with Gasteiger partial charge < -0.3 is 10.1 Å². The normalized spacial score (nSPS) is 16.8. The molecule has 0 atom stereocenters. The van der Waals surface area contributed by atoms with E-state index in [2.05, 4.69) is 29.2 Å². The maximum Gasteiger partial charge on any atom is 0.141 e. The van der Waals surface area contributed by atoms with Crippen LogP contribution in [0.4, 0.5) is 0 Å². The lowest BCUT2D eigenvalue weighted by molar-refractivity contribution is 0.0601. The molecule has 1 N–H and O–H groups in total. The summed E-state index contributed by atoms with van der Waals surface area (Å²) in [5.41, 5.74) is 0. The summed E-state index contributed by atoms with van der Waals surface area (Å²) in [5.74, 6) is 0.992. The fraction of sp³-hybridized carbons (Fsp3) is 0.846. The van der Waals surface area contributed by atoms with Crippen LogP contribution < -0.4 is 5.32 Å². The molecule has 1 aliphatic carbocycles. The molecule has 5 heteroatoms. The van der Waals surface area contributed by atoms with Crippen molar-refractivity contribution in [3.63, 3.8) is 0 Å². The van der Waals surface area contributed by atoms with E-state index in [0.717, 1.165) is 25.5 Å². The van der Waals surface area contributed by atoms with Crippen LogP contribution in [-0.2, 0) is 11.3 Å². The molecule has 1 fully saturated rings. The van der Waals surface area contributed by atoms with Crippen LogP contribution in [0.25, 0.3) is 0 Å². The summed E-state index contributed by atoms with van der Waals surface area (Å²) < 4.78 is 7.74. The van der Waals surface area contributed by atoms with Gasteiger partial charge >= 0.3 is 0 Å². The van der Waals surface area contributed by atoms with Crippen LogP contribution in [0.15, 0.2) is 6.33 Å². The van der Waals surface area contributed by atoms with E-state index in [-0.39, 0.29) is 0 Å². The number of nitrogens with one attached hydrogen (secondary N) is 1. The van der Waals surface area contributed by atoms with Gasteiger partial charge in [0.05, 0.1) is 19.3 Å². The van der Waals surface area contributed by atoms with Crippen molar-refractivity contribution < 1.29 is 4.74 Å². The molecule has 1 saturated carbocycles. The summed E-state index contributed by atoms with van der Waals surface area (Å²) in [6.45, 7) is 6.65. The minimum atomic E-state index is 0.360. The lowest BCUT2D eigenvalue weighted by atomic mass is 10.3. The van der Waals surface area contributed by atoms with Crippen LogP contribution in [0.2, 0.25) is 0 Å². The minimum absolute atomic E-state index is 0.360. The Hall–Kier alpha value is -0.940. The zero-order chi connectivity index (χ0) is 12.8. The molecule has 1 aromatic heterocycles. The third-order valence-electron chi connectivity index (χ3n) is 3.35. The second kappa shape index (κ2) is 6.85. The van der Waals surface area contributed by atoms with Gasteiger partial charge in [0, 0.05) is 12.6 Å². The molecule has 2 rings (SSSR count). The third kappa shape index (κ3) is 3.78. The predicted octanol–water partition coefficient (Wildman–Crippen LogP) is 1.91. The molecule has 102 valence electrons. The van der Waals surface area contributed by atoms with Gasteiger partial charge in [-0.15, -0.1) is 0 Å². The monoisotopic (exact) mass is 252 g/mol. The maximum atomic E-state index is 5.79. The maximum absolute atomic E-state index is 5.79. The number of aromatic nitrogens is 3. The zero-order valence-electron chi connectivity index (χ0n) is 11.4. The van der Waals surface area contributed by atoms with Crippen molar-refractivity contribution in [2.24, 2.45) is 0 Å². The summed E-state index contributed by atoms with van der Waals surface area (Å²) in [4.78, 5) is 4.26. The number of hydrogen-bond donors (Lipinski definition) is 1. The van der Waals surface area contributed by atoms with E-state index in [0.29, 0.717) is 12.1 Å². The topological polar surface area (TPSA) is 52.0 Å². The molecule has 0 bridgehead atoms. The van der Waals surface area contributed by atoms with Crippen LogP contribution in [0.3, 0.4) is 0 Å². The van der Waals surface area contributed by atoms with Gasteiger partial charge in [0.1, 0.15) is 12.2 Å². The van der Waals surface area contributed by atoms with Gasteiger partial charge in [-0.1, -0.05) is 12.8 Å². The van der Waals surface area contributed by atoms with E-state index >= 15 is 0 Å². The van der Waals surface area contributed by atoms with Crippen LogP contribution >= 0.6 is 0 Å². The molecule has 0 aliphatic heterocycles. The second-order valence-electron chi connectivity index (χ2n) is 5.17. The summed E-state index contributed by atoms with van der Waals surface area (Å²) >= 11 is 0. The molecule has 0 radical (unpaired) electrons. The van der Waals surface area contributed by atoms with Crippen molar-refractivity contribution >= 4 is 0 Å². The van der Waals surface area contributed by atoms with Gasteiger partial charge in [0.25, 0.3) is 0 Å². The zero-order valence-corrected chi connectivity index (χ0v) is 11.4. The highest BCUT2D eigenvalue weighted by atomic mass is 16.5. The van der Waals surface area contributed by atoms with Gasteiger partial charge in [-0.25, -0.2) is 9.67 Å². The molecule has 0 unspecified atom stereocenters. The first kappa shape index (κ1) is 13.5. The molecule has 5 nitrogen and oxygen atoms in total.